The quantitative estimate of drug-likeness (QED) is 0.738. The van der Waals surface area contributed by atoms with Gasteiger partial charge in [-0.2, -0.15) is 0 Å². The van der Waals surface area contributed by atoms with E-state index in [0.29, 0.717) is 37.0 Å². The van der Waals surface area contributed by atoms with Crippen molar-refractivity contribution in [3.8, 4) is 23.0 Å². The highest BCUT2D eigenvalue weighted by atomic mass is 32.2. The number of ether oxygens (including phenoxy) is 4. The molecule has 0 bridgehead atoms. The summed E-state index contributed by atoms with van der Waals surface area (Å²) >= 11 is 1.61. The van der Waals surface area contributed by atoms with E-state index in [4.69, 9.17) is 18.9 Å². The highest BCUT2D eigenvalue weighted by Gasteiger charge is 2.36. The monoisotopic (exact) mass is 401 g/mol. The lowest BCUT2D eigenvalue weighted by molar-refractivity contribution is -0.129. The summed E-state index contributed by atoms with van der Waals surface area (Å²) < 4.78 is 22.9. The molecule has 1 saturated heterocycles. The van der Waals surface area contributed by atoms with Gasteiger partial charge in [-0.05, 0) is 36.8 Å². The zero-order valence-corrected chi connectivity index (χ0v) is 16.7. The van der Waals surface area contributed by atoms with E-state index in [1.165, 1.54) is 0 Å². The normalized spacial score (nSPS) is 20.9. The highest BCUT2D eigenvalue weighted by molar-refractivity contribution is 8.00. The summed E-state index contributed by atoms with van der Waals surface area (Å²) in [7, 11) is 1.62. The van der Waals surface area contributed by atoms with Gasteiger partial charge in [-0.15, -0.1) is 11.8 Å². The van der Waals surface area contributed by atoms with Crippen LogP contribution in [0.4, 0.5) is 0 Å². The summed E-state index contributed by atoms with van der Waals surface area (Å²) in [4.78, 5) is 14.4. The molecule has 0 radical (unpaired) electrons. The van der Waals surface area contributed by atoms with Gasteiger partial charge in [-0.1, -0.05) is 18.2 Å². The molecule has 2 aliphatic rings. The van der Waals surface area contributed by atoms with E-state index in [-0.39, 0.29) is 17.4 Å². The lowest BCUT2D eigenvalue weighted by Crippen LogP contribution is -2.42. The van der Waals surface area contributed by atoms with Gasteiger partial charge < -0.3 is 23.8 Å². The molecular formula is C21H23NO5S. The maximum absolute atomic E-state index is 12.6. The van der Waals surface area contributed by atoms with E-state index < -0.39 is 0 Å². The summed E-state index contributed by atoms with van der Waals surface area (Å²) in [6, 6.07) is 13.4. The largest absolute Gasteiger partial charge is 0.493 e. The lowest BCUT2D eigenvalue weighted by atomic mass is 10.1. The molecule has 2 heterocycles. The second-order valence-electron chi connectivity index (χ2n) is 6.55. The van der Waals surface area contributed by atoms with E-state index in [1.54, 1.807) is 18.9 Å². The van der Waals surface area contributed by atoms with E-state index >= 15 is 0 Å². The van der Waals surface area contributed by atoms with Gasteiger partial charge in [0.1, 0.15) is 12.0 Å². The first-order valence-electron chi connectivity index (χ1n) is 9.30. The van der Waals surface area contributed by atoms with Crippen molar-refractivity contribution in [1.29, 1.82) is 0 Å². The average molecular weight is 401 g/mol. The number of hydrogen-bond donors (Lipinski definition) is 0. The maximum Gasteiger partial charge on any atom is 0.233 e. The van der Waals surface area contributed by atoms with Crippen molar-refractivity contribution < 1.29 is 23.7 Å². The van der Waals surface area contributed by atoms with Crippen LogP contribution in [0.15, 0.2) is 42.5 Å². The summed E-state index contributed by atoms with van der Waals surface area (Å²) in [5, 5.41) is -0.0848. The van der Waals surface area contributed by atoms with Crippen LogP contribution in [0.1, 0.15) is 17.9 Å². The number of carbonyl (C=O) groups is 1. The molecule has 0 N–H and O–H groups in total. The molecule has 2 aliphatic heterocycles. The van der Waals surface area contributed by atoms with Gasteiger partial charge in [0.2, 0.25) is 5.91 Å². The third-order valence-corrected chi connectivity index (χ3v) is 5.96. The molecule has 28 heavy (non-hydrogen) atoms. The molecule has 0 aliphatic carbocycles. The predicted molar refractivity (Wildman–Crippen MR) is 107 cm³/mol. The second-order valence-corrected chi connectivity index (χ2v) is 7.62. The van der Waals surface area contributed by atoms with Gasteiger partial charge in [0.25, 0.3) is 0 Å². The zero-order chi connectivity index (χ0) is 19.5. The first-order valence-corrected chi connectivity index (χ1v) is 10.3. The van der Waals surface area contributed by atoms with Crippen LogP contribution in [0, 0.1) is 0 Å². The maximum atomic E-state index is 12.6. The Morgan fingerprint density at radius 2 is 2.00 bits per heavy atom. The van der Waals surface area contributed by atoms with Gasteiger partial charge in [0.05, 0.1) is 26.0 Å². The fourth-order valence-electron chi connectivity index (χ4n) is 3.42. The molecule has 2 aromatic carbocycles. The van der Waals surface area contributed by atoms with E-state index in [9.17, 15) is 4.79 Å². The van der Waals surface area contributed by atoms with Gasteiger partial charge in [-0.25, -0.2) is 0 Å². The van der Waals surface area contributed by atoms with Crippen molar-refractivity contribution in [1.82, 2.24) is 4.90 Å². The minimum absolute atomic E-state index is 0.0848. The molecule has 2 unspecified atom stereocenters. The standard InChI is InChI=1S/C21H23NO5S/c1-3-25-19-10-14(8-9-16(19)24-2)21-22(20(23)13-28-21)11-15-12-26-17-6-4-5-7-18(17)27-15/h4-10,15,21H,3,11-13H2,1-2H3. The van der Waals surface area contributed by atoms with Crippen LogP contribution in [-0.4, -0.2) is 49.5 Å². The molecule has 1 fully saturated rings. The Kier molecular flexibility index (Phi) is 5.52. The zero-order valence-electron chi connectivity index (χ0n) is 15.9. The van der Waals surface area contributed by atoms with E-state index in [0.717, 1.165) is 17.1 Å². The number of benzene rings is 2. The summed E-state index contributed by atoms with van der Waals surface area (Å²) in [6.45, 7) is 3.38. The summed E-state index contributed by atoms with van der Waals surface area (Å²) in [5.74, 6) is 3.39. The minimum Gasteiger partial charge on any atom is -0.493 e. The molecule has 1 amide bonds. The number of rotatable bonds is 6. The lowest BCUT2D eigenvalue weighted by Gasteiger charge is -2.32. The fraction of sp³-hybridized carbons (Fsp3) is 0.381. The van der Waals surface area contributed by atoms with Crippen molar-refractivity contribution in [2.24, 2.45) is 0 Å². The number of amides is 1. The van der Waals surface area contributed by atoms with Crippen LogP contribution in [-0.2, 0) is 4.79 Å². The Morgan fingerprint density at radius 3 is 2.79 bits per heavy atom. The van der Waals surface area contributed by atoms with Crippen molar-refractivity contribution >= 4 is 17.7 Å². The Labute approximate surface area is 168 Å². The number of carbonyl (C=O) groups excluding carboxylic acids is 1. The Bertz CT molecular complexity index is 858. The van der Waals surface area contributed by atoms with Crippen LogP contribution in [0.25, 0.3) is 0 Å². The van der Waals surface area contributed by atoms with E-state index in [2.05, 4.69) is 0 Å². The van der Waals surface area contributed by atoms with Gasteiger partial charge in [0, 0.05) is 0 Å². The summed E-state index contributed by atoms with van der Waals surface area (Å²) in [5.41, 5.74) is 1.01. The van der Waals surface area contributed by atoms with Crippen molar-refractivity contribution in [2.45, 2.75) is 18.4 Å². The second kappa shape index (κ2) is 8.22. The van der Waals surface area contributed by atoms with E-state index in [1.807, 2.05) is 54.3 Å². The van der Waals surface area contributed by atoms with Crippen LogP contribution in [0.3, 0.4) is 0 Å². The predicted octanol–water partition coefficient (Wildman–Crippen LogP) is 3.51. The third kappa shape index (κ3) is 3.71. The first kappa shape index (κ1) is 18.8. The molecule has 4 rings (SSSR count). The van der Waals surface area contributed by atoms with Gasteiger partial charge in [-0.3, -0.25) is 4.79 Å². The molecule has 0 spiro atoms. The molecule has 6 nitrogen and oxygen atoms in total. The first-order chi connectivity index (χ1) is 13.7. The van der Waals surface area contributed by atoms with Gasteiger partial charge >= 0.3 is 0 Å². The average Bonchev–Trinajstić information content (AvgIpc) is 3.08. The van der Waals surface area contributed by atoms with Crippen LogP contribution in [0.2, 0.25) is 0 Å². The molecule has 2 aromatic rings. The number of hydrogen-bond acceptors (Lipinski definition) is 6. The number of thioether (sulfide) groups is 1. The van der Waals surface area contributed by atoms with Crippen molar-refractivity contribution in [2.75, 3.05) is 32.6 Å². The van der Waals surface area contributed by atoms with Crippen molar-refractivity contribution in [3.63, 3.8) is 0 Å². The SMILES string of the molecule is CCOc1cc(C2SCC(=O)N2CC2COc3ccccc3O2)ccc1OC. The van der Waals surface area contributed by atoms with Gasteiger partial charge in [0.15, 0.2) is 29.1 Å². The smallest absolute Gasteiger partial charge is 0.233 e. The molecule has 2 atom stereocenters. The third-order valence-electron chi connectivity index (χ3n) is 4.71. The molecule has 7 heteroatoms. The highest BCUT2D eigenvalue weighted by Crippen LogP contribution is 2.42. The molecule has 0 saturated carbocycles. The van der Waals surface area contributed by atoms with Crippen LogP contribution in [0.5, 0.6) is 23.0 Å². The number of para-hydroxylation sites is 2. The molecule has 148 valence electrons. The summed E-state index contributed by atoms with van der Waals surface area (Å²) in [6.07, 6.45) is -0.204. The number of methoxy groups -OCH3 is 1. The number of fused-ring (bicyclic) bond motifs is 1. The van der Waals surface area contributed by atoms with Crippen LogP contribution >= 0.6 is 11.8 Å². The number of nitrogens with zero attached hydrogens (tertiary/aromatic N) is 1. The Balaban J connectivity index is 1.52. The van der Waals surface area contributed by atoms with Crippen LogP contribution < -0.4 is 18.9 Å². The minimum atomic E-state index is -0.204. The topological polar surface area (TPSA) is 57.2 Å². The molecular weight excluding hydrogens is 378 g/mol. The Hall–Kier alpha value is -2.54. The fourth-order valence-corrected chi connectivity index (χ4v) is 4.60. The Morgan fingerprint density at radius 1 is 1.18 bits per heavy atom. The van der Waals surface area contributed by atoms with Crippen molar-refractivity contribution in [3.05, 3.63) is 48.0 Å². The molecule has 0 aromatic heterocycles.